The first-order valence-corrected chi connectivity index (χ1v) is 8.47. The molecule has 2 aromatic carbocycles. The fourth-order valence-electron chi connectivity index (χ4n) is 2.75. The number of nitrogens with one attached hydrogen (secondary N) is 1. The molecule has 142 valence electrons. The van der Waals surface area contributed by atoms with Crippen molar-refractivity contribution in [2.75, 3.05) is 13.4 Å². The molecule has 1 aliphatic heterocycles. The van der Waals surface area contributed by atoms with Gasteiger partial charge in [0.2, 0.25) is 6.79 Å². The monoisotopic (exact) mass is 380 g/mol. The van der Waals surface area contributed by atoms with Crippen LogP contribution in [-0.2, 0) is 4.79 Å². The highest BCUT2D eigenvalue weighted by Gasteiger charge is 2.12. The SMILES string of the molecule is Cc1cc(=O)oc2cc(OCC(=O)N/N=C\c3ccc4c(c3)OCO4)ccc12. The summed E-state index contributed by atoms with van der Waals surface area (Å²) in [5.74, 6) is 1.30. The first-order chi connectivity index (χ1) is 13.6. The number of ether oxygens (including phenoxy) is 3. The molecule has 1 aliphatic rings. The van der Waals surface area contributed by atoms with Crippen LogP contribution in [0.2, 0.25) is 0 Å². The molecule has 0 bridgehead atoms. The Bertz CT molecular complexity index is 1140. The molecule has 0 atom stereocenters. The molecule has 0 saturated heterocycles. The average molecular weight is 380 g/mol. The lowest BCUT2D eigenvalue weighted by molar-refractivity contribution is -0.123. The molecule has 0 radical (unpaired) electrons. The molecule has 0 aliphatic carbocycles. The van der Waals surface area contributed by atoms with Gasteiger partial charge in [0.1, 0.15) is 11.3 Å². The molecule has 28 heavy (non-hydrogen) atoms. The lowest BCUT2D eigenvalue weighted by Crippen LogP contribution is -2.24. The highest BCUT2D eigenvalue weighted by Crippen LogP contribution is 2.31. The Morgan fingerprint density at radius 3 is 2.93 bits per heavy atom. The third-order valence-corrected chi connectivity index (χ3v) is 4.09. The van der Waals surface area contributed by atoms with E-state index in [2.05, 4.69) is 10.5 Å². The van der Waals surface area contributed by atoms with Crippen LogP contribution < -0.4 is 25.3 Å². The molecule has 1 N–H and O–H groups in total. The maximum Gasteiger partial charge on any atom is 0.336 e. The molecular formula is C20H16N2O6. The number of carbonyl (C=O) groups excluding carboxylic acids is 1. The molecule has 8 nitrogen and oxygen atoms in total. The summed E-state index contributed by atoms with van der Waals surface area (Å²) in [6.45, 7) is 1.78. The molecule has 0 spiro atoms. The largest absolute Gasteiger partial charge is 0.484 e. The molecule has 2 heterocycles. The summed E-state index contributed by atoms with van der Waals surface area (Å²) in [5.41, 5.74) is 3.93. The average Bonchev–Trinajstić information content (AvgIpc) is 3.14. The molecule has 1 aromatic heterocycles. The molecule has 1 amide bonds. The maximum absolute atomic E-state index is 11.9. The van der Waals surface area contributed by atoms with Gasteiger partial charge in [0, 0.05) is 17.5 Å². The van der Waals surface area contributed by atoms with Crippen molar-refractivity contribution in [3.63, 3.8) is 0 Å². The molecule has 8 heteroatoms. The minimum atomic E-state index is -0.433. The lowest BCUT2D eigenvalue weighted by atomic mass is 10.1. The van der Waals surface area contributed by atoms with Gasteiger partial charge in [0.05, 0.1) is 6.21 Å². The zero-order valence-corrected chi connectivity index (χ0v) is 14.9. The van der Waals surface area contributed by atoms with E-state index < -0.39 is 11.5 Å². The van der Waals surface area contributed by atoms with Crippen molar-refractivity contribution in [1.29, 1.82) is 0 Å². The van der Waals surface area contributed by atoms with Gasteiger partial charge in [-0.15, -0.1) is 0 Å². The predicted octanol–water partition coefficient (Wildman–Crippen LogP) is 2.36. The Balaban J connectivity index is 1.34. The number of amides is 1. The molecule has 0 saturated carbocycles. The minimum absolute atomic E-state index is 0.196. The van der Waals surface area contributed by atoms with Gasteiger partial charge >= 0.3 is 5.63 Å². The third-order valence-electron chi connectivity index (χ3n) is 4.09. The topological polar surface area (TPSA) is 99.4 Å². The first-order valence-electron chi connectivity index (χ1n) is 8.47. The van der Waals surface area contributed by atoms with E-state index in [1.165, 1.54) is 12.3 Å². The molecule has 0 unspecified atom stereocenters. The van der Waals surface area contributed by atoms with E-state index in [9.17, 15) is 9.59 Å². The van der Waals surface area contributed by atoms with Crippen LogP contribution in [0.5, 0.6) is 17.2 Å². The zero-order valence-electron chi connectivity index (χ0n) is 14.9. The van der Waals surface area contributed by atoms with E-state index in [4.69, 9.17) is 18.6 Å². The highest BCUT2D eigenvalue weighted by atomic mass is 16.7. The van der Waals surface area contributed by atoms with Crippen LogP contribution in [0, 0.1) is 6.92 Å². The van der Waals surface area contributed by atoms with Crippen molar-refractivity contribution in [2.24, 2.45) is 5.10 Å². The van der Waals surface area contributed by atoms with Crippen molar-refractivity contribution >= 4 is 23.1 Å². The van der Waals surface area contributed by atoms with Crippen LogP contribution >= 0.6 is 0 Å². The quantitative estimate of drug-likeness (QED) is 0.414. The molecule has 3 aromatic rings. The third kappa shape index (κ3) is 3.80. The summed E-state index contributed by atoms with van der Waals surface area (Å²) >= 11 is 0. The second-order valence-electron chi connectivity index (χ2n) is 6.10. The van der Waals surface area contributed by atoms with Gasteiger partial charge in [0.25, 0.3) is 5.91 Å². The van der Waals surface area contributed by atoms with Gasteiger partial charge in [-0.1, -0.05) is 0 Å². The van der Waals surface area contributed by atoms with E-state index in [1.807, 2.05) is 6.92 Å². The summed E-state index contributed by atoms with van der Waals surface area (Å²) in [4.78, 5) is 23.4. The van der Waals surface area contributed by atoms with Gasteiger partial charge in [-0.25, -0.2) is 10.2 Å². The Labute approximate surface area is 159 Å². The van der Waals surface area contributed by atoms with Crippen LogP contribution in [0.3, 0.4) is 0 Å². The van der Waals surface area contributed by atoms with Gasteiger partial charge in [-0.05, 0) is 48.4 Å². The van der Waals surface area contributed by atoms with E-state index in [1.54, 1.807) is 36.4 Å². The van der Waals surface area contributed by atoms with Crippen LogP contribution in [0.15, 0.2) is 56.8 Å². The van der Waals surface area contributed by atoms with Gasteiger partial charge < -0.3 is 18.6 Å². The summed E-state index contributed by atoms with van der Waals surface area (Å²) in [7, 11) is 0. The Morgan fingerprint density at radius 1 is 1.18 bits per heavy atom. The number of nitrogens with zero attached hydrogens (tertiary/aromatic N) is 1. The van der Waals surface area contributed by atoms with Crippen LogP contribution in [0.25, 0.3) is 11.0 Å². The smallest absolute Gasteiger partial charge is 0.336 e. The van der Waals surface area contributed by atoms with Crippen molar-refractivity contribution in [2.45, 2.75) is 6.92 Å². The van der Waals surface area contributed by atoms with Gasteiger partial charge in [-0.2, -0.15) is 5.10 Å². The normalized spacial score (nSPS) is 12.5. The molecular weight excluding hydrogens is 364 g/mol. The van der Waals surface area contributed by atoms with E-state index in [-0.39, 0.29) is 13.4 Å². The summed E-state index contributed by atoms with van der Waals surface area (Å²) in [6.07, 6.45) is 1.49. The number of hydrogen-bond acceptors (Lipinski definition) is 7. The first kappa shape index (κ1) is 17.6. The van der Waals surface area contributed by atoms with Crippen molar-refractivity contribution in [1.82, 2.24) is 5.43 Å². The standard InChI is InChI=1S/C20H16N2O6/c1-12-6-20(24)28-17-8-14(3-4-15(12)17)25-10-19(23)22-21-9-13-2-5-16-18(7-13)27-11-26-16/h2-9H,10-11H2,1H3,(H,22,23)/b21-9-. The Morgan fingerprint density at radius 2 is 2.04 bits per heavy atom. The number of hydrazone groups is 1. The second kappa shape index (κ2) is 7.43. The number of benzene rings is 2. The van der Waals surface area contributed by atoms with Crippen LogP contribution in [0.4, 0.5) is 0 Å². The highest BCUT2D eigenvalue weighted by molar-refractivity contribution is 5.84. The van der Waals surface area contributed by atoms with Gasteiger partial charge in [-0.3, -0.25) is 4.79 Å². The zero-order chi connectivity index (χ0) is 19.5. The predicted molar refractivity (Wildman–Crippen MR) is 101 cm³/mol. The molecule has 4 rings (SSSR count). The van der Waals surface area contributed by atoms with Gasteiger partial charge in [0.15, 0.2) is 18.1 Å². The Kier molecular flexibility index (Phi) is 4.67. The Hall–Kier alpha value is -3.81. The number of rotatable bonds is 5. The van der Waals surface area contributed by atoms with E-state index >= 15 is 0 Å². The fourth-order valence-corrected chi connectivity index (χ4v) is 2.75. The number of fused-ring (bicyclic) bond motifs is 2. The van der Waals surface area contributed by atoms with Crippen molar-refractivity contribution in [3.8, 4) is 17.2 Å². The number of carbonyl (C=O) groups is 1. The summed E-state index contributed by atoms with van der Waals surface area (Å²) in [6, 6.07) is 11.8. The van der Waals surface area contributed by atoms with E-state index in [0.717, 1.165) is 16.5 Å². The van der Waals surface area contributed by atoms with Crippen LogP contribution in [0.1, 0.15) is 11.1 Å². The van der Waals surface area contributed by atoms with Crippen LogP contribution in [-0.4, -0.2) is 25.5 Å². The second-order valence-corrected chi connectivity index (χ2v) is 6.10. The fraction of sp³-hybridized carbons (Fsp3) is 0.150. The minimum Gasteiger partial charge on any atom is -0.484 e. The lowest BCUT2D eigenvalue weighted by Gasteiger charge is -2.06. The molecule has 0 fully saturated rings. The number of hydrogen-bond donors (Lipinski definition) is 1. The summed E-state index contributed by atoms with van der Waals surface area (Å²) < 4.78 is 21.1. The van der Waals surface area contributed by atoms with Crippen molar-refractivity contribution < 1.29 is 23.4 Å². The summed E-state index contributed by atoms with van der Waals surface area (Å²) in [5, 5.41) is 4.70. The number of aryl methyl sites for hydroxylation is 1. The maximum atomic E-state index is 11.9. The van der Waals surface area contributed by atoms with Crippen molar-refractivity contribution in [3.05, 3.63) is 64.0 Å². The van der Waals surface area contributed by atoms with E-state index in [0.29, 0.717) is 22.8 Å².